The third kappa shape index (κ3) is 5.42. The van der Waals surface area contributed by atoms with Gasteiger partial charge in [-0.2, -0.15) is 0 Å². The first-order valence-corrected chi connectivity index (χ1v) is 9.07. The molecule has 2 rings (SSSR count). The number of carbonyl (C=O) groups excluding carboxylic acids is 3. The molecule has 0 aromatic heterocycles. The van der Waals surface area contributed by atoms with E-state index in [1.165, 1.54) is 6.92 Å². The van der Waals surface area contributed by atoms with Crippen LogP contribution in [0.3, 0.4) is 0 Å². The van der Waals surface area contributed by atoms with E-state index in [2.05, 4.69) is 10.6 Å². The number of ether oxygens (including phenoxy) is 1. The number of benzene rings is 2. The first kappa shape index (κ1) is 21.2. The van der Waals surface area contributed by atoms with Gasteiger partial charge in [-0.05, 0) is 57.0 Å². The topological polar surface area (TPSA) is 84.5 Å². The minimum absolute atomic E-state index is 0.0911. The standard InChI is InChI=1S/C22H26N2O4/c1-15(25)17-6-5-7-18(14-17)24-21(27)22(2,3)20(26)23-13-12-16-8-10-19(28-4)11-9-16/h5-11,14H,12-13H2,1-4H3,(H,23,26)(H,24,27). The number of nitrogens with one attached hydrogen (secondary N) is 2. The first-order valence-electron chi connectivity index (χ1n) is 9.07. The predicted molar refractivity (Wildman–Crippen MR) is 109 cm³/mol. The van der Waals surface area contributed by atoms with Gasteiger partial charge in [0.25, 0.3) is 0 Å². The van der Waals surface area contributed by atoms with Crippen LogP contribution in [0.4, 0.5) is 5.69 Å². The van der Waals surface area contributed by atoms with Gasteiger partial charge in [0.1, 0.15) is 11.2 Å². The highest BCUT2D eigenvalue weighted by molar-refractivity contribution is 6.10. The fraction of sp³-hybridized carbons (Fsp3) is 0.318. The molecule has 0 saturated heterocycles. The molecule has 2 amide bonds. The van der Waals surface area contributed by atoms with Crippen molar-refractivity contribution in [2.45, 2.75) is 27.2 Å². The molecule has 2 N–H and O–H groups in total. The van der Waals surface area contributed by atoms with Crippen molar-refractivity contribution in [2.75, 3.05) is 19.0 Å². The van der Waals surface area contributed by atoms with Crippen LogP contribution < -0.4 is 15.4 Å². The fourth-order valence-corrected chi connectivity index (χ4v) is 2.54. The zero-order valence-electron chi connectivity index (χ0n) is 16.7. The van der Waals surface area contributed by atoms with Crippen LogP contribution in [0, 0.1) is 5.41 Å². The molecule has 148 valence electrons. The molecule has 6 heteroatoms. The maximum atomic E-state index is 12.6. The Hall–Kier alpha value is -3.15. The van der Waals surface area contributed by atoms with Gasteiger partial charge in [0, 0.05) is 17.8 Å². The Kier molecular flexibility index (Phi) is 6.93. The number of hydrogen-bond acceptors (Lipinski definition) is 4. The summed E-state index contributed by atoms with van der Waals surface area (Å²) in [5.74, 6) is -0.109. The van der Waals surface area contributed by atoms with Crippen LogP contribution in [-0.2, 0) is 16.0 Å². The number of rotatable bonds is 8. The molecule has 0 saturated carbocycles. The third-order valence-electron chi connectivity index (χ3n) is 4.52. The van der Waals surface area contributed by atoms with Gasteiger partial charge in [0.15, 0.2) is 5.78 Å². The Morgan fingerprint density at radius 1 is 1.00 bits per heavy atom. The van der Waals surface area contributed by atoms with E-state index in [0.717, 1.165) is 11.3 Å². The molecule has 0 spiro atoms. The molecular formula is C22H26N2O4. The van der Waals surface area contributed by atoms with Crippen molar-refractivity contribution in [3.63, 3.8) is 0 Å². The zero-order valence-corrected chi connectivity index (χ0v) is 16.7. The van der Waals surface area contributed by atoms with Crippen molar-refractivity contribution in [3.8, 4) is 5.75 Å². The van der Waals surface area contributed by atoms with Crippen molar-refractivity contribution in [1.29, 1.82) is 0 Å². The van der Waals surface area contributed by atoms with Crippen molar-refractivity contribution in [1.82, 2.24) is 5.32 Å². The van der Waals surface area contributed by atoms with Crippen molar-refractivity contribution >= 4 is 23.3 Å². The van der Waals surface area contributed by atoms with E-state index >= 15 is 0 Å². The molecule has 28 heavy (non-hydrogen) atoms. The summed E-state index contributed by atoms with van der Waals surface area (Å²) >= 11 is 0. The molecule has 0 fully saturated rings. The second kappa shape index (κ2) is 9.17. The summed E-state index contributed by atoms with van der Waals surface area (Å²) in [5, 5.41) is 5.52. The second-order valence-corrected chi connectivity index (χ2v) is 7.07. The van der Waals surface area contributed by atoms with E-state index in [9.17, 15) is 14.4 Å². The van der Waals surface area contributed by atoms with E-state index < -0.39 is 11.3 Å². The zero-order chi connectivity index (χ0) is 20.7. The molecule has 0 aliphatic rings. The summed E-state index contributed by atoms with van der Waals surface area (Å²) in [6.45, 7) is 5.02. The van der Waals surface area contributed by atoms with Crippen LogP contribution in [0.15, 0.2) is 48.5 Å². The van der Waals surface area contributed by atoms with Crippen LogP contribution in [0.5, 0.6) is 5.75 Å². The highest BCUT2D eigenvalue weighted by atomic mass is 16.5. The molecule has 6 nitrogen and oxygen atoms in total. The van der Waals surface area contributed by atoms with Gasteiger partial charge in [0.2, 0.25) is 11.8 Å². The number of methoxy groups -OCH3 is 1. The lowest BCUT2D eigenvalue weighted by atomic mass is 9.90. The molecule has 0 heterocycles. The monoisotopic (exact) mass is 382 g/mol. The lowest BCUT2D eigenvalue weighted by Crippen LogP contribution is -2.45. The van der Waals surface area contributed by atoms with Crippen LogP contribution >= 0.6 is 0 Å². The predicted octanol–water partition coefficient (Wildman–Crippen LogP) is 3.22. The fourth-order valence-electron chi connectivity index (χ4n) is 2.54. The number of anilines is 1. The Labute approximate surface area is 165 Å². The van der Waals surface area contributed by atoms with Crippen LogP contribution in [0.25, 0.3) is 0 Å². The van der Waals surface area contributed by atoms with E-state index in [0.29, 0.717) is 24.2 Å². The SMILES string of the molecule is COc1ccc(CCNC(=O)C(C)(C)C(=O)Nc2cccc(C(C)=O)c2)cc1. The summed E-state index contributed by atoms with van der Waals surface area (Å²) in [4.78, 5) is 36.6. The summed E-state index contributed by atoms with van der Waals surface area (Å²) in [7, 11) is 1.61. The third-order valence-corrected chi connectivity index (χ3v) is 4.52. The highest BCUT2D eigenvalue weighted by Gasteiger charge is 2.35. The summed E-state index contributed by atoms with van der Waals surface area (Å²) in [6, 6.07) is 14.2. The number of carbonyl (C=O) groups is 3. The largest absolute Gasteiger partial charge is 0.497 e. The molecule has 2 aromatic rings. The van der Waals surface area contributed by atoms with Crippen molar-refractivity contribution < 1.29 is 19.1 Å². The van der Waals surface area contributed by atoms with Crippen LogP contribution in [0.1, 0.15) is 36.7 Å². The molecule has 0 aliphatic heterocycles. The van der Waals surface area contributed by atoms with E-state index in [4.69, 9.17) is 4.74 Å². The molecule has 2 aromatic carbocycles. The molecule has 0 bridgehead atoms. The number of amides is 2. The first-order chi connectivity index (χ1) is 13.2. The minimum Gasteiger partial charge on any atom is -0.497 e. The highest BCUT2D eigenvalue weighted by Crippen LogP contribution is 2.20. The summed E-state index contributed by atoms with van der Waals surface area (Å²) < 4.78 is 5.12. The number of Topliss-reactive ketones (excluding diaryl/α,β-unsaturated/α-hetero) is 1. The van der Waals surface area contributed by atoms with Crippen LogP contribution in [-0.4, -0.2) is 31.3 Å². The average Bonchev–Trinajstić information content (AvgIpc) is 2.68. The van der Waals surface area contributed by atoms with Crippen molar-refractivity contribution in [2.24, 2.45) is 5.41 Å². The van der Waals surface area contributed by atoms with E-state index in [1.54, 1.807) is 45.2 Å². The van der Waals surface area contributed by atoms with Crippen LogP contribution in [0.2, 0.25) is 0 Å². The maximum absolute atomic E-state index is 12.6. The Bertz CT molecular complexity index is 857. The van der Waals surface area contributed by atoms with Gasteiger partial charge in [-0.3, -0.25) is 14.4 Å². The lowest BCUT2D eigenvalue weighted by Gasteiger charge is -2.23. The molecule has 0 unspecified atom stereocenters. The van der Waals surface area contributed by atoms with Gasteiger partial charge >= 0.3 is 0 Å². The van der Waals surface area contributed by atoms with E-state index in [-0.39, 0.29) is 11.7 Å². The lowest BCUT2D eigenvalue weighted by molar-refractivity contribution is -0.138. The Balaban J connectivity index is 1.92. The van der Waals surface area contributed by atoms with Gasteiger partial charge in [-0.15, -0.1) is 0 Å². The average molecular weight is 382 g/mol. The smallest absolute Gasteiger partial charge is 0.239 e. The van der Waals surface area contributed by atoms with E-state index in [1.807, 2.05) is 24.3 Å². The normalized spacial score (nSPS) is 10.9. The number of ketones is 1. The number of hydrogen-bond donors (Lipinski definition) is 2. The molecule has 0 aliphatic carbocycles. The van der Waals surface area contributed by atoms with Crippen molar-refractivity contribution in [3.05, 3.63) is 59.7 Å². The Morgan fingerprint density at radius 3 is 2.29 bits per heavy atom. The van der Waals surface area contributed by atoms with Gasteiger partial charge in [0.05, 0.1) is 7.11 Å². The minimum atomic E-state index is -1.26. The van der Waals surface area contributed by atoms with Gasteiger partial charge in [-0.1, -0.05) is 24.3 Å². The summed E-state index contributed by atoms with van der Waals surface area (Å²) in [6.07, 6.45) is 0.647. The quantitative estimate of drug-likeness (QED) is 0.542. The van der Waals surface area contributed by atoms with Gasteiger partial charge < -0.3 is 15.4 Å². The Morgan fingerprint density at radius 2 is 1.68 bits per heavy atom. The summed E-state index contributed by atoms with van der Waals surface area (Å²) in [5.41, 5.74) is 0.785. The van der Waals surface area contributed by atoms with Gasteiger partial charge in [-0.25, -0.2) is 0 Å². The molecule has 0 atom stereocenters. The molecular weight excluding hydrogens is 356 g/mol. The second-order valence-electron chi connectivity index (χ2n) is 7.07. The maximum Gasteiger partial charge on any atom is 0.239 e. The molecule has 0 radical (unpaired) electrons.